The van der Waals surface area contributed by atoms with Crippen LogP contribution >= 0.6 is 11.8 Å². The molecular formula is C21H28N2O4S2. The van der Waals surface area contributed by atoms with E-state index < -0.39 is 10.0 Å². The van der Waals surface area contributed by atoms with Crippen molar-refractivity contribution in [3.8, 4) is 5.75 Å². The van der Waals surface area contributed by atoms with E-state index in [-0.39, 0.29) is 18.9 Å². The molecule has 0 saturated carbocycles. The van der Waals surface area contributed by atoms with Gasteiger partial charge < -0.3 is 10.1 Å². The summed E-state index contributed by atoms with van der Waals surface area (Å²) in [6, 6.07) is 15.1. The van der Waals surface area contributed by atoms with Crippen LogP contribution in [0.4, 0.5) is 5.69 Å². The molecule has 0 bridgehead atoms. The van der Waals surface area contributed by atoms with E-state index in [0.29, 0.717) is 25.3 Å². The summed E-state index contributed by atoms with van der Waals surface area (Å²) in [4.78, 5) is 12.9. The molecular weight excluding hydrogens is 408 g/mol. The number of aryl methyl sites for hydroxylation is 1. The number of nitrogens with zero attached hydrogens (tertiary/aromatic N) is 1. The van der Waals surface area contributed by atoms with Crippen molar-refractivity contribution in [1.29, 1.82) is 0 Å². The van der Waals surface area contributed by atoms with Crippen molar-refractivity contribution in [2.75, 3.05) is 36.5 Å². The number of benzene rings is 2. The van der Waals surface area contributed by atoms with Gasteiger partial charge in [-0.1, -0.05) is 24.3 Å². The highest BCUT2D eigenvalue weighted by Crippen LogP contribution is 2.30. The molecule has 0 aromatic heterocycles. The predicted molar refractivity (Wildman–Crippen MR) is 119 cm³/mol. The van der Waals surface area contributed by atoms with E-state index in [1.165, 1.54) is 22.3 Å². The summed E-state index contributed by atoms with van der Waals surface area (Å²) >= 11 is 1.49. The van der Waals surface area contributed by atoms with Crippen LogP contribution in [0.5, 0.6) is 5.75 Å². The molecule has 0 heterocycles. The van der Waals surface area contributed by atoms with Gasteiger partial charge in [0.2, 0.25) is 15.9 Å². The second kappa shape index (κ2) is 11.1. The number of thioether (sulfide) groups is 1. The number of hydrogen-bond acceptors (Lipinski definition) is 5. The molecule has 0 saturated heterocycles. The van der Waals surface area contributed by atoms with Gasteiger partial charge in [-0.15, -0.1) is 11.8 Å². The molecule has 0 fully saturated rings. The Kier molecular flexibility index (Phi) is 8.85. The summed E-state index contributed by atoms with van der Waals surface area (Å²) in [5, 5.41) is 2.81. The van der Waals surface area contributed by atoms with Gasteiger partial charge in [-0.25, -0.2) is 8.42 Å². The fourth-order valence-electron chi connectivity index (χ4n) is 2.84. The first kappa shape index (κ1) is 23.1. The molecule has 0 aliphatic carbocycles. The van der Waals surface area contributed by atoms with E-state index in [0.717, 1.165) is 16.2 Å². The first-order valence-electron chi connectivity index (χ1n) is 9.38. The molecule has 8 heteroatoms. The summed E-state index contributed by atoms with van der Waals surface area (Å²) in [6.07, 6.45) is 3.77. The highest BCUT2D eigenvalue weighted by Gasteiger charge is 2.20. The molecule has 0 radical (unpaired) electrons. The van der Waals surface area contributed by atoms with Crippen LogP contribution < -0.4 is 14.4 Å². The van der Waals surface area contributed by atoms with Gasteiger partial charge in [0.05, 0.1) is 18.5 Å². The van der Waals surface area contributed by atoms with Crippen molar-refractivity contribution in [3.63, 3.8) is 0 Å². The zero-order chi connectivity index (χ0) is 21.3. The van der Waals surface area contributed by atoms with E-state index in [2.05, 4.69) is 5.32 Å². The van der Waals surface area contributed by atoms with Crippen LogP contribution in [0.25, 0.3) is 0 Å². The highest BCUT2D eigenvalue weighted by molar-refractivity contribution is 7.99. The number of anilines is 1. The first-order chi connectivity index (χ1) is 13.8. The van der Waals surface area contributed by atoms with Crippen molar-refractivity contribution in [2.45, 2.75) is 24.7 Å². The van der Waals surface area contributed by atoms with Crippen LogP contribution in [0.3, 0.4) is 0 Å². The lowest BCUT2D eigenvalue weighted by molar-refractivity contribution is -0.121. The van der Waals surface area contributed by atoms with E-state index in [9.17, 15) is 13.2 Å². The molecule has 0 aliphatic heterocycles. The van der Waals surface area contributed by atoms with Crippen LogP contribution in [0.15, 0.2) is 53.4 Å². The summed E-state index contributed by atoms with van der Waals surface area (Å²) in [7, 11) is -3.44. The second-order valence-electron chi connectivity index (χ2n) is 6.63. The highest BCUT2D eigenvalue weighted by atomic mass is 32.2. The first-order valence-corrected chi connectivity index (χ1v) is 12.5. The fourth-order valence-corrected chi connectivity index (χ4v) is 4.47. The maximum atomic E-state index is 12.2. The van der Waals surface area contributed by atoms with Crippen LogP contribution in [-0.4, -0.2) is 46.5 Å². The Hall–Kier alpha value is -2.19. The van der Waals surface area contributed by atoms with E-state index in [4.69, 9.17) is 4.74 Å². The average molecular weight is 437 g/mol. The molecule has 0 spiro atoms. The van der Waals surface area contributed by atoms with E-state index in [1.807, 2.05) is 55.6 Å². The Morgan fingerprint density at radius 1 is 1.17 bits per heavy atom. The molecule has 158 valence electrons. The van der Waals surface area contributed by atoms with Gasteiger partial charge in [-0.3, -0.25) is 9.10 Å². The monoisotopic (exact) mass is 436 g/mol. The standard InChI is InChI=1S/C21H28N2O4S2/c1-17-8-6-9-18(16-17)27-15-13-22-21(24)12-7-14-23(29(3,25)26)19-10-4-5-11-20(19)28-2/h4-6,8-11,16H,7,12-15H2,1-3H3,(H,22,24). The number of ether oxygens (including phenoxy) is 1. The largest absolute Gasteiger partial charge is 0.492 e. The minimum absolute atomic E-state index is 0.121. The van der Waals surface area contributed by atoms with Crippen molar-refractivity contribution >= 4 is 33.4 Å². The van der Waals surface area contributed by atoms with Crippen molar-refractivity contribution in [3.05, 3.63) is 54.1 Å². The number of amides is 1. The Labute approximate surface area is 177 Å². The Balaban J connectivity index is 1.79. The van der Waals surface area contributed by atoms with Crippen LogP contribution in [-0.2, 0) is 14.8 Å². The normalized spacial score (nSPS) is 11.1. The van der Waals surface area contributed by atoms with Crippen LogP contribution in [0.1, 0.15) is 18.4 Å². The summed E-state index contributed by atoms with van der Waals surface area (Å²) in [5.74, 6) is 0.653. The molecule has 0 aliphatic rings. The number of hydrogen-bond donors (Lipinski definition) is 1. The second-order valence-corrected chi connectivity index (χ2v) is 9.38. The molecule has 2 aromatic carbocycles. The summed E-state index contributed by atoms with van der Waals surface area (Å²) < 4.78 is 31.5. The van der Waals surface area contributed by atoms with E-state index in [1.54, 1.807) is 6.07 Å². The van der Waals surface area contributed by atoms with Crippen molar-refractivity contribution in [1.82, 2.24) is 5.32 Å². The van der Waals surface area contributed by atoms with Crippen molar-refractivity contribution in [2.24, 2.45) is 0 Å². The Bertz CT molecular complexity index is 916. The Morgan fingerprint density at radius 2 is 1.93 bits per heavy atom. The van der Waals surface area contributed by atoms with Gasteiger partial charge in [0.25, 0.3) is 0 Å². The van der Waals surface area contributed by atoms with Gasteiger partial charge in [0.1, 0.15) is 12.4 Å². The third kappa shape index (κ3) is 7.62. The molecule has 29 heavy (non-hydrogen) atoms. The van der Waals surface area contributed by atoms with Gasteiger partial charge in [0.15, 0.2) is 0 Å². The lowest BCUT2D eigenvalue weighted by Crippen LogP contribution is -2.33. The number of carbonyl (C=O) groups excluding carboxylic acids is 1. The van der Waals surface area contributed by atoms with Gasteiger partial charge in [-0.05, 0) is 49.4 Å². The van der Waals surface area contributed by atoms with Crippen LogP contribution in [0, 0.1) is 6.92 Å². The predicted octanol–water partition coefficient (Wildman–Crippen LogP) is 3.46. The van der Waals surface area contributed by atoms with Gasteiger partial charge in [-0.2, -0.15) is 0 Å². The zero-order valence-electron chi connectivity index (χ0n) is 17.1. The maximum Gasteiger partial charge on any atom is 0.232 e. The summed E-state index contributed by atoms with van der Waals surface area (Å²) in [5.41, 5.74) is 1.76. The lowest BCUT2D eigenvalue weighted by Gasteiger charge is -2.24. The molecule has 6 nitrogen and oxygen atoms in total. The molecule has 0 atom stereocenters. The molecule has 0 unspecified atom stereocenters. The number of rotatable bonds is 11. The van der Waals surface area contributed by atoms with E-state index >= 15 is 0 Å². The third-order valence-corrected chi connectivity index (χ3v) is 6.17. The fraction of sp³-hybridized carbons (Fsp3) is 0.381. The quantitative estimate of drug-likeness (QED) is 0.431. The summed E-state index contributed by atoms with van der Waals surface area (Å²) in [6.45, 7) is 3.03. The molecule has 1 N–H and O–H groups in total. The molecule has 2 aromatic rings. The average Bonchev–Trinajstić information content (AvgIpc) is 2.68. The Morgan fingerprint density at radius 3 is 2.62 bits per heavy atom. The smallest absolute Gasteiger partial charge is 0.232 e. The zero-order valence-corrected chi connectivity index (χ0v) is 18.7. The SMILES string of the molecule is CSc1ccccc1N(CCCC(=O)NCCOc1cccc(C)c1)S(C)(=O)=O. The number of para-hydroxylation sites is 1. The number of sulfonamides is 1. The third-order valence-electron chi connectivity index (χ3n) is 4.20. The maximum absolute atomic E-state index is 12.2. The molecule has 2 rings (SSSR count). The van der Waals surface area contributed by atoms with Gasteiger partial charge in [0, 0.05) is 17.9 Å². The lowest BCUT2D eigenvalue weighted by atomic mass is 10.2. The molecule has 1 amide bonds. The minimum atomic E-state index is -3.44. The van der Waals surface area contributed by atoms with Crippen LogP contribution in [0.2, 0.25) is 0 Å². The minimum Gasteiger partial charge on any atom is -0.492 e. The van der Waals surface area contributed by atoms with Crippen molar-refractivity contribution < 1.29 is 17.9 Å². The number of carbonyl (C=O) groups is 1. The number of nitrogens with one attached hydrogen (secondary N) is 1. The topological polar surface area (TPSA) is 75.7 Å². The van der Waals surface area contributed by atoms with Gasteiger partial charge >= 0.3 is 0 Å².